The molecule has 0 unspecified atom stereocenters. The van der Waals surface area contributed by atoms with E-state index in [0.29, 0.717) is 28.1 Å². The number of ether oxygens (including phenoxy) is 1. The van der Waals surface area contributed by atoms with E-state index in [1.165, 1.54) is 28.8 Å². The summed E-state index contributed by atoms with van der Waals surface area (Å²) in [7, 11) is 0. The molecule has 1 atom stereocenters. The van der Waals surface area contributed by atoms with Crippen molar-refractivity contribution in [2.75, 3.05) is 6.61 Å². The SMILES string of the molecule is CCOC(=O)C1=C(C)N=c2s/c(=C/c3ccc(-c4ccc(Cl)c([N+](=O)[O-])c4)o3)c(=O)n2[C@H]1c1ccc(C)c([N+](=O)[O-])c1. The third-order valence-corrected chi connectivity index (χ3v) is 7.89. The molecule has 0 aliphatic carbocycles. The number of furan rings is 1. The molecule has 2 aromatic carbocycles. The number of hydrogen-bond donors (Lipinski definition) is 0. The van der Waals surface area contributed by atoms with E-state index in [-0.39, 0.29) is 43.7 Å². The van der Waals surface area contributed by atoms with Crippen molar-refractivity contribution in [2.24, 2.45) is 4.99 Å². The molecular formula is C28H21ClN4O8S. The molecule has 3 heterocycles. The fraction of sp³-hybridized carbons (Fsp3) is 0.179. The number of carbonyl (C=O) groups excluding carboxylic acids is 1. The van der Waals surface area contributed by atoms with Gasteiger partial charge in [-0.1, -0.05) is 35.1 Å². The van der Waals surface area contributed by atoms with Crippen LogP contribution in [-0.2, 0) is 9.53 Å². The Bertz CT molecular complexity index is 2010. The molecule has 2 aromatic heterocycles. The van der Waals surface area contributed by atoms with Crippen molar-refractivity contribution in [1.29, 1.82) is 0 Å². The highest BCUT2D eigenvalue weighted by molar-refractivity contribution is 7.07. The summed E-state index contributed by atoms with van der Waals surface area (Å²) in [6.45, 7) is 4.94. The van der Waals surface area contributed by atoms with Gasteiger partial charge in [-0.25, -0.2) is 9.79 Å². The van der Waals surface area contributed by atoms with Gasteiger partial charge in [0.2, 0.25) is 0 Å². The van der Waals surface area contributed by atoms with Gasteiger partial charge in [0.05, 0.1) is 38.3 Å². The van der Waals surface area contributed by atoms with Gasteiger partial charge in [-0.2, -0.15) is 0 Å². The first kappa shape index (κ1) is 28.6. The number of aryl methyl sites for hydroxylation is 1. The van der Waals surface area contributed by atoms with Gasteiger partial charge < -0.3 is 9.15 Å². The summed E-state index contributed by atoms with van der Waals surface area (Å²) in [6.07, 6.45) is 1.50. The maximum absolute atomic E-state index is 13.8. The highest BCUT2D eigenvalue weighted by Crippen LogP contribution is 2.34. The number of nitro groups is 2. The molecule has 214 valence electrons. The van der Waals surface area contributed by atoms with E-state index in [0.717, 1.165) is 11.3 Å². The molecule has 0 spiro atoms. The fourth-order valence-electron chi connectivity index (χ4n) is 4.62. The van der Waals surface area contributed by atoms with Gasteiger partial charge in [0.1, 0.15) is 16.5 Å². The Morgan fingerprint density at radius 1 is 1.12 bits per heavy atom. The lowest BCUT2D eigenvalue weighted by molar-refractivity contribution is -0.385. The van der Waals surface area contributed by atoms with Crippen LogP contribution in [-0.4, -0.2) is 27.0 Å². The zero-order chi connectivity index (χ0) is 30.3. The molecule has 0 saturated heterocycles. The Hall–Kier alpha value is -4.88. The van der Waals surface area contributed by atoms with Crippen LogP contribution in [0, 0.1) is 27.2 Å². The summed E-state index contributed by atoms with van der Waals surface area (Å²) in [5.74, 6) is -0.0789. The maximum Gasteiger partial charge on any atom is 0.338 e. The summed E-state index contributed by atoms with van der Waals surface area (Å²) in [5.41, 5.74) is 0.681. The number of thiazole rings is 1. The molecule has 5 rings (SSSR count). The number of fused-ring (bicyclic) bond motifs is 1. The van der Waals surface area contributed by atoms with Crippen LogP contribution in [0.15, 0.2) is 74.0 Å². The molecule has 1 aliphatic rings. The Morgan fingerprint density at radius 3 is 2.55 bits per heavy atom. The Labute approximate surface area is 245 Å². The fourth-order valence-corrected chi connectivity index (χ4v) is 5.83. The van der Waals surface area contributed by atoms with Crippen LogP contribution in [0.3, 0.4) is 0 Å². The van der Waals surface area contributed by atoms with Gasteiger partial charge in [-0.15, -0.1) is 0 Å². The minimum atomic E-state index is -1.02. The zero-order valence-corrected chi connectivity index (χ0v) is 23.9. The Kier molecular flexibility index (Phi) is 7.63. The number of esters is 1. The van der Waals surface area contributed by atoms with E-state index in [2.05, 4.69) is 4.99 Å². The first-order valence-corrected chi connectivity index (χ1v) is 13.7. The van der Waals surface area contributed by atoms with Crippen LogP contribution in [0.25, 0.3) is 17.4 Å². The quantitative estimate of drug-likeness (QED) is 0.164. The Morgan fingerprint density at radius 2 is 1.86 bits per heavy atom. The lowest BCUT2D eigenvalue weighted by Crippen LogP contribution is -2.40. The normalized spacial score (nSPS) is 14.9. The van der Waals surface area contributed by atoms with Crippen molar-refractivity contribution in [3.05, 3.63) is 122 Å². The van der Waals surface area contributed by atoms with Gasteiger partial charge in [-0.3, -0.25) is 29.6 Å². The lowest BCUT2D eigenvalue weighted by Gasteiger charge is -2.24. The van der Waals surface area contributed by atoms with Gasteiger partial charge in [0.15, 0.2) is 4.80 Å². The standard InChI is InChI=1S/C28H21ClN4O8S/c1-4-40-27(35)24-15(3)30-28-31(25(24)17-6-5-14(2)20(12-17)32(36)37)26(34)23(42-28)13-18-8-10-22(41-18)16-7-9-19(29)21(11-16)33(38)39/h5-13,25H,4H2,1-3H3/b23-13+/t25-/m0/s1. The van der Waals surface area contributed by atoms with Crippen LogP contribution in [0.5, 0.6) is 0 Å². The Balaban J connectivity index is 1.65. The first-order chi connectivity index (χ1) is 20.0. The second kappa shape index (κ2) is 11.2. The van der Waals surface area contributed by atoms with Crippen molar-refractivity contribution in [3.8, 4) is 11.3 Å². The molecule has 0 N–H and O–H groups in total. The average Bonchev–Trinajstić information content (AvgIpc) is 3.52. The van der Waals surface area contributed by atoms with E-state index in [4.69, 9.17) is 20.8 Å². The second-order valence-corrected chi connectivity index (χ2v) is 10.6. The van der Waals surface area contributed by atoms with Crippen molar-refractivity contribution >= 4 is 46.4 Å². The first-order valence-electron chi connectivity index (χ1n) is 12.5. The smallest absolute Gasteiger partial charge is 0.338 e. The van der Waals surface area contributed by atoms with Crippen LogP contribution < -0.4 is 14.9 Å². The van der Waals surface area contributed by atoms with Crippen molar-refractivity contribution in [1.82, 2.24) is 4.57 Å². The van der Waals surface area contributed by atoms with Gasteiger partial charge in [0.25, 0.3) is 16.9 Å². The molecule has 0 amide bonds. The highest BCUT2D eigenvalue weighted by Gasteiger charge is 2.34. The van der Waals surface area contributed by atoms with Crippen molar-refractivity contribution < 1.29 is 23.8 Å². The van der Waals surface area contributed by atoms with E-state index in [9.17, 15) is 29.8 Å². The number of halogens is 1. The third-order valence-electron chi connectivity index (χ3n) is 6.59. The zero-order valence-electron chi connectivity index (χ0n) is 22.3. The number of carbonyl (C=O) groups is 1. The predicted molar refractivity (Wildman–Crippen MR) is 154 cm³/mol. The topological polar surface area (TPSA) is 160 Å². The summed E-state index contributed by atoms with van der Waals surface area (Å²) >= 11 is 6.97. The molecule has 14 heteroatoms. The largest absolute Gasteiger partial charge is 0.463 e. The van der Waals surface area contributed by atoms with Crippen molar-refractivity contribution in [3.63, 3.8) is 0 Å². The van der Waals surface area contributed by atoms with Crippen LogP contribution in [0.1, 0.15) is 36.8 Å². The summed E-state index contributed by atoms with van der Waals surface area (Å²) < 4.78 is 12.7. The number of benzene rings is 2. The number of allylic oxidation sites excluding steroid dienone is 1. The highest BCUT2D eigenvalue weighted by atomic mass is 35.5. The predicted octanol–water partition coefficient (Wildman–Crippen LogP) is 4.84. The van der Waals surface area contributed by atoms with Gasteiger partial charge in [0, 0.05) is 29.3 Å². The van der Waals surface area contributed by atoms with E-state index < -0.39 is 27.4 Å². The molecular weight excluding hydrogens is 588 g/mol. The van der Waals surface area contributed by atoms with Crippen LogP contribution in [0.2, 0.25) is 5.02 Å². The van der Waals surface area contributed by atoms with E-state index in [1.807, 2.05) is 0 Å². The maximum atomic E-state index is 13.8. The molecule has 42 heavy (non-hydrogen) atoms. The van der Waals surface area contributed by atoms with Crippen molar-refractivity contribution in [2.45, 2.75) is 26.8 Å². The minimum Gasteiger partial charge on any atom is -0.463 e. The molecule has 0 bridgehead atoms. The molecule has 0 fully saturated rings. The number of hydrogen-bond acceptors (Lipinski definition) is 10. The number of nitro benzene ring substituents is 2. The number of aromatic nitrogens is 1. The minimum absolute atomic E-state index is 0.0115. The van der Waals surface area contributed by atoms with E-state index >= 15 is 0 Å². The van der Waals surface area contributed by atoms with Gasteiger partial charge in [-0.05, 0) is 50.6 Å². The summed E-state index contributed by atoms with van der Waals surface area (Å²) in [5, 5.41) is 23.0. The third kappa shape index (κ3) is 5.15. The molecule has 4 aromatic rings. The van der Waals surface area contributed by atoms with E-state index in [1.54, 1.807) is 51.1 Å². The second-order valence-electron chi connectivity index (χ2n) is 9.23. The molecule has 12 nitrogen and oxygen atoms in total. The number of rotatable bonds is 7. The van der Waals surface area contributed by atoms with Crippen LogP contribution >= 0.6 is 22.9 Å². The lowest BCUT2D eigenvalue weighted by atomic mass is 9.94. The molecule has 0 saturated carbocycles. The van der Waals surface area contributed by atoms with Gasteiger partial charge >= 0.3 is 5.97 Å². The van der Waals surface area contributed by atoms with Crippen LogP contribution in [0.4, 0.5) is 11.4 Å². The summed E-state index contributed by atoms with van der Waals surface area (Å²) in [6, 6.07) is 11.0. The monoisotopic (exact) mass is 608 g/mol. The number of nitrogens with zero attached hydrogens (tertiary/aromatic N) is 4. The molecule has 1 aliphatic heterocycles. The average molecular weight is 609 g/mol. The molecule has 0 radical (unpaired) electrons. The summed E-state index contributed by atoms with van der Waals surface area (Å²) in [4.78, 5) is 53.5.